The number of furan rings is 1. The number of carbonyl (C=O) groups excluding carboxylic acids is 1. The van der Waals surface area contributed by atoms with E-state index < -0.39 is 0 Å². The molecule has 0 amide bonds. The molecule has 0 aliphatic rings. The van der Waals surface area contributed by atoms with Crippen molar-refractivity contribution in [1.82, 2.24) is 0 Å². The van der Waals surface area contributed by atoms with Crippen molar-refractivity contribution in [1.29, 1.82) is 0 Å². The second-order valence-electron chi connectivity index (χ2n) is 5.53. The maximum Gasteiger partial charge on any atom is 0.178 e. The number of ketones is 1. The van der Waals surface area contributed by atoms with Crippen molar-refractivity contribution in [3.05, 3.63) is 101 Å². The monoisotopic (exact) mass is 364 g/mol. The van der Waals surface area contributed by atoms with Gasteiger partial charge in [0.2, 0.25) is 0 Å². The fourth-order valence-electron chi connectivity index (χ4n) is 2.24. The third-order valence-electron chi connectivity index (χ3n) is 3.63. The van der Waals surface area contributed by atoms with Crippen LogP contribution in [0.5, 0.6) is 5.75 Å². The lowest BCUT2D eigenvalue weighted by molar-refractivity contribution is -0.110. The van der Waals surface area contributed by atoms with Crippen molar-refractivity contribution in [3.8, 4) is 5.75 Å². The maximum atomic E-state index is 11.8. The van der Waals surface area contributed by atoms with Gasteiger partial charge in [-0.25, -0.2) is 0 Å². The van der Waals surface area contributed by atoms with E-state index in [4.69, 9.17) is 20.8 Å². The highest BCUT2D eigenvalue weighted by Crippen LogP contribution is 2.19. The number of benzene rings is 2. The van der Waals surface area contributed by atoms with E-state index in [2.05, 4.69) is 0 Å². The lowest BCUT2D eigenvalue weighted by Crippen LogP contribution is -1.95. The molecule has 0 fully saturated rings. The van der Waals surface area contributed by atoms with Crippen molar-refractivity contribution in [2.45, 2.75) is 6.61 Å². The van der Waals surface area contributed by atoms with Crippen LogP contribution in [0.2, 0.25) is 5.02 Å². The molecule has 0 bridgehead atoms. The summed E-state index contributed by atoms with van der Waals surface area (Å²) in [6, 6.07) is 18.6. The van der Waals surface area contributed by atoms with Crippen LogP contribution in [0.15, 0.2) is 83.5 Å². The Kier molecular flexibility index (Phi) is 6.07. The van der Waals surface area contributed by atoms with Crippen molar-refractivity contribution in [2.75, 3.05) is 0 Å². The Morgan fingerprint density at radius 1 is 0.962 bits per heavy atom. The summed E-state index contributed by atoms with van der Waals surface area (Å²) in [5.41, 5.74) is 1.85. The van der Waals surface area contributed by atoms with Gasteiger partial charge in [-0.05, 0) is 54.1 Å². The number of hydrogen-bond acceptors (Lipinski definition) is 3. The SMILES string of the molecule is O=C(C=Cc1ccc(OCc2ccccc2Cl)cc1)C=Cc1ccco1. The molecular weight excluding hydrogens is 348 g/mol. The van der Waals surface area contributed by atoms with Gasteiger partial charge in [-0.1, -0.05) is 48.0 Å². The van der Waals surface area contributed by atoms with Crippen LogP contribution in [0.3, 0.4) is 0 Å². The van der Waals surface area contributed by atoms with E-state index in [1.54, 1.807) is 30.5 Å². The number of ether oxygens (including phenoxy) is 1. The Labute approximate surface area is 157 Å². The van der Waals surface area contributed by atoms with Crippen molar-refractivity contribution < 1.29 is 13.9 Å². The number of hydrogen-bond donors (Lipinski definition) is 0. The number of allylic oxidation sites excluding steroid dienone is 2. The van der Waals surface area contributed by atoms with Gasteiger partial charge >= 0.3 is 0 Å². The molecule has 1 heterocycles. The molecule has 0 aliphatic heterocycles. The van der Waals surface area contributed by atoms with Crippen LogP contribution in [-0.4, -0.2) is 5.78 Å². The highest BCUT2D eigenvalue weighted by Gasteiger charge is 2.00. The van der Waals surface area contributed by atoms with Gasteiger partial charge in [0.05, 0.1) is 6.26 Å². The molecule has 2 aromatic carbocycles. The van der Waals surface area contributed by atoms with Crippen LogP contribution in [0.4, 0.5) is 0 Å². The van der Waals surface area contributed by atoms with Gasteiger partial charge in [0.1, 0.15) is 18.1 Å². The predicted molar refractivity (Wildman–Crippen MR) is 104 cm³/mol. The Balaban J connectivity index is 1.54. The summed E-state index contributed by atoms with van der Waals surface area (Å²) in [6.07, 6.45) is 7.94. The average molecular weight is 365 g/mol. The first-order valence-electron chi connectivity index (χ1n) is 8.10. The average Bonchev–Trinajstić information content (AvgIpc) is 3.18. The van der Waals surface area contributed by atoms with Gasteiger partial charge in [-0.3, -0.25) is 4.79 Å². The minimum absolute atomic E-state index is 0.111. The third kappa shape index (κ3) is 5.23. The largest absolute Gasteiger partial charge is 0.489 e. The Bertz CT molecular complexity index is 907. The quantitative estimate of drug-likeness (QED) is 0.497. The Hall–Kier alpha value is -3.04. The lowest BCUT2D eigenvalue weighted by Gasteiger charge is -2.07. The zero-order valence-corrected chi connectivity index (χ0v) is 14.7. The summed E-state index contributed by atoms with van der Waals surface area (Å²) in [5, 5.41) is 0.688. The van der Waals surface area contributed by atoms with Crippen molar-refractivity contribution in [2.24, 2.45) is 0 Å². The van der Waals surface area contributed by atoms with E-state index in [1.165, 1.54) is 12.2 Å². The number of halogens is 1. The van der Waals surface area contributed by atoms with E-state index in [1.807, 2.05) is 48.5 Å². The fraction of sp³-hybridized carbons (Fsp3) is 0.0455. The second kappa shape index (κ2) is 8.88. The van der Waals surface area contributed by atoms with Crippen LogP contribution < -0.4 is 4.74 Å². The van der Waals surface area contributed by atoms with E-state index in [0.717, 1.165) is 16.9 Å². The summed E-state index contributed by atoms with van der Waals surface area (Å²) in [7, 11) is 0. The molecule has 4 heteroatoms. The van der Waals surface area contributed by atoms with Crippen LogP contribution in [0.1, 0.15) is 16.9 Å². The third-order valence-corrected chi connectivity index (χ3v) is 4.00. The molecule has 0 saturated heterocycles. The standard InChI is InChI=1S/C22H17ClO3/c23-22-6-2-1-4-18(22)16-26-21-12-8-17(9-13-21)7-10-19(24)11-14-20-5-3-15-25-20/h1-15H,16H2. The van der Waals surface area contributed by atoms with Gasteiger partial charge in [0.25, 0.3) is 0 Å². The molecule has 0 saturated carbocycles. The molecule has 0 aliphatic carbocycles. The topological polar surface area (TPSA) is 39.4 Å². The summed E-state index contributed by atoms with van der Waals surface area (Å²) in [4.78, 5) is 11.8. The Morgan fingerprint density at radius 2 is 1.73 bits per heavy atom. The normalized spacial score (nSPS) is 11.3. The van der Waals surface area contributed by atoms with E-state index in [0.29, 0.717) is 17.4 Å². The highest BCUT2D eigenvalue weighted by atomic mass is 35.5. The van der Waals surface area contributed by atoms with Gasteiger partial charge in [0, 0.05) is 10.6 Å². The van der Waals surface area contributed by atoms with Gasteiger partial charge in [-0.2, -0.15) is 0 Å². The first kappa shape index (κ1) is 17.8. The van der Waals surface area contributed by atoms with Crippen molar-refractivity contribution >= 4 is 29.5 Å². The fourth-order valence-corrected chi connectivity index (χ4v) is 2.43. The second-order valence-corrected chi connectivity index (χ2v) is 5.94. The molecule has 26 heavy (non-hydrogen) atoms. The Morgan fingerprint density at radius 3 is 2.46 bits per heavy atom. The molecule has 130 valence electrons. The molecule has 3 nitrogen and oxygen atoms in total. The smallest absolute Gasteiger partial charge is 0.178 e. The van der Waals surface area contributed by atoms with Crippen LogP contribution in [0.25, 0.3) is 12.2 Å². The molecular formula is C22H17ClO3. The first-order chi connectivity index (χ1) is 12.7. The van der Waals surface area contributed by atoms with Gasteiger partial charge in [-0.15, -0.1) is 0 Å². The van der Waals surface area contributed by atoms with E-state index in [-0.39, 0.29) is 5.78 Å². The lowest BCUT2D eigenvalue weighted by atomic mass is 10.2. The maximum absolute atomic E-state index is 11.8. The molecule has 0 N–H and O–H groups in total. The molecule has 0 atom stereocenters. The van der Waals surface area contributed by atoms with E-state index in [9.17, 15) is 4.79 Å². The van der Waals surface area contributed by atoms with Crippen LogP contribution in [-0.2, 0) is 11.4 Å². The van der Waals surface area contributed by atoms with Crippen molar-refractivity contribution in [3.63, 3.8) is 0 Å². The zero-order valence-electron chi connectivity index (χ0n) is 14.0. The van der Waals surface area contributed by atoms with Crippen LogP contribution in [0, 0.1) is 0 Å². The molecule has 0 unspecified atom stereocenters. The molecule has 1 aromatic heterocycles. The zero-order chi connectivity index (χ0) is 18.2. The summed E-state index contributed by atoms with van der Waals surface area (Å²) < 4.78 is 10.9. The number of rotatable bonds is 7. The summed E-state index contributed by atoms with van der Waals surface area (Å²) in [6.45, 7) is 0.408. The number of carbonyl (C=O) groups is 1. The minimum Gasteiger partial charge on any atom is -0.489 e. The van der Waals surface area contributed by atoms with Crippen LogP contribution >= 0.6 is 11.6 Å². The molecule has 3 rings (SSSR count). The molecule has 3 aromatic rings. The summed E-state index contributed by atoms with van der Waals surface area (Å²) >= 11 is 6.11. The first-order valence-corrected chi connectivity index (χ1v) is 8.48. The van der Waals surface area contributed by atoms with Gasteiger partial charge < -0.3 is 9.15 Å². The highest BCUT2D eigenvalue weighted by molar-refractivity contribution is 6.31. The minimum atomic E-state index is -0.111. The van der Waals surface area contributed by atoms with E-state index >= 15 is 0 Å². The summed E-state index contributed by atoms with van der Waals surface area (Å²) in [5.74, 6) is 1.28. The van der Waals surface area contributed by atoms with Gasteiger partial charge in [0.15, 0.2) is 5.78 Å². The molecule has 0 radical (unpaired) electrons. The molecule has 0 spiro atoms. The predicted octanol–water partition coefficient (Wildman–Crippen LogP) is 5.81.